The standard InChI is InChI=1S/C17H16ClN5/c1-12-8-14(18)2-3-15(12)23-17-9-16(21-11-22-17)20-10-13-4-6-19-7-5-13/h2-9,11H,10H2,1H3,(H2,20,21,22,23). The van der Waals surface area contributed by atoms with E-state index in [9.17, 15) is 0 Å². The largest absolute Gasteiger partial charge is 0.366 e. The molecule has 116 valence electrons. The Morgan fingerprint density at radius 1 is 1.00 bits per heavy atom. The van der Waals surface area contributed by atoms with Gasteiger partial charge in [-0.25, -0.2) is 9.97 Å². The lowest BCUT2D eigenvalue weighted by Crippen LogP contribution is -2.03. The van der Waals surface area contributed by atoms with E-state index in [0.29, 0.717) is 6.54 Å². The number of hydrogen-bond donors (Lipinski definition) is 2. The second-order valence-corrected chi connectivity index (χ2v) is 5.52. The van der Waals surface area contributed by atoms with Crippen molar-refractivity contribution in [1.29, 1.82) is 0 Å². The summed E-state index contributed by atoms with van der Waals surface area (Å²) in [6.07, 6.45) is 5.07. The van der Waals surface area contributed by atoms with Gasteiger partial charge in [-0.15, -0.1) is 0 Å². The van der Waals surface area contributed by atoms with Crippen LogP contribution in [0.1, 0.15) is 11.1 Å². The summed E-state index contributed by atoms with van der Waals surface area (Å²) in [5.74, 6) is 1.48. The minimum absolute atomic E-state index is 0.680. The summed E-state index contributed by atoms with van der Waals surface area (Å²) in [6.45, 7) is 2.68. The number of anilines is 3. The van der Waals surface area contributed by atoms with Crippen molar-refractivity contribution in [2.45, 2.75) is 13.5 Å². The van der Waals surface area contributed by atoms with E-state index in [-0.39, 0.29) is 0 Å². The molecular weight excluding hydrogens is 310 g/mol. The Hall–Kier alpha value is -2.66. The van der Waals surface area contributed by atoms with Crippen molar-refractivity contribution < 1.29 is 0 Å². The summed E-state index contributed by atoms with van der Waals surface area (Å²) in [5.41, 5.74) is 3.16. The molecule has 0 aliphatic carbocycles. The second kappa shape index (κ2) is 7.07. The molecular formula is C17H16ClN5. The van der Waals surface area contributed by atoms with Crippen LogP contribution in [0.3, 0.4) is 0 Å². The molecule has 5 nitrogen and oxygen atoms in total. The molecule has 0 aliphatic rings. The number of hydrogen-bond acceptors (Lipinski definition) is 5. The molecule has 2 heterocycles. The maximum atomic E-state index is 5.98. The van der Waals surface area contributed by atoms with E-state index in [2.05, 4.69) is 25.6 Å². The van der Waals surface area contributed by atoms with Crippen LogP contribution in [0.2, 0.25) is 5.02 Å². The number of nitrogens with one attached hydrogen (secondary N) is 2. The van der Waals surface area contributed by atoms with E-state index in [0.717, 1.165) is 33.5 Å². The summed E-state index contributed by atoms with van der Waals surface area (Å²) >= 11 is 5.98. The average Bonchev–Trinajstić information content (AvgIpc) is 2.57. The van der Waals surface area contributed by atoms with Crippen molar-refractivity contribution in [3.8, 4) is 0 Å². The topological polar surface area (TPSA) is 62.7 Å². The highest BCUT2D eigenvalue weighted by Crippen LogP contribution is 2.23. The molecule has 0 radical (unpaired) electrons. The Morgan fingerprint density at radius 3 is 2.57 bits per heavy atom. The molecule has 0 fully saturated rings. The van der Waals surface area contributed by atoms with E-state index < -0.39 is 0 Å². The maximum absolute atomic E-state index is 5.98. The predicted molar refractivity (Wildman–Crippen MR) is 93.1 cm³/mol. The third-order valence-electron chi connectivity index (χ3n) is 3.34. The van der Waals surface area contributed by atoms with Crippen LogP contribution < -0.4 is 10.6 Å². The lowest BCUT2D eigenvalue weighted by molar-refractivity contribution is 1.07. The molecule has 3 rings (SSSR count). The summed E-state index contributed by atoms with van der Waals surface area (Å²) < 4.78 is 0. The van der Waals surface area contributed by atoms with Crippen LogP contribution in [0.4, 0.5) is 17.3 Å². The van der Waals surface area contributed by atoms with E-state index in [1.165, 1.54) is 6.33 Å². The zero-order chi connectivity index (χ0) is 16.1. The maximum Gasteiger partial charge on any atom is 0.135 e. The van der Waals surface area contributed by atoms with E-state index in [1.54, 1.807) is 12.4 Å². The Labute approximate surface area is 139 Å². The summed E-state index contributed by atoms with van der Waals surface area (Å²) in [7, 11) is 0. The normalized spacial score (nSPS) is 10.3. The predicted octanol–water partition coefficient (Wildman–Crippen LogP) is 4.19. The molecule has 0 amide bonds. The van der Waals surface area contributed by atoms with Gasteiger partial charge in [0.25, 0.3) is 0 Å². The van der Waals surface area contributed by atoms with Crippen molar-refractivity contribution in [3.05, 3.63) is 71.3 Å². The first-order valence-electron chi connectivity index (χ1n) is 7.19. The zero-order valence-electron chi connectivity index (χ0n) is 12.6. The lowest BCUT2D eigenvalue weighted by atomic mass is 10.2. The van der Waals surface area contributed by atoms with Gasteiger partial charge < -0.3 is 10.6 Å². The highest BCUT2D eigenvalue weighted by atomic mass is 35.5. The third-order valence-corrected chi connectivity index (χ3v) is 3.58. The number of nitrogens with zero attached hydrogens (tertiary/aromatic N) is 3. The Bertz CT molecular complexity index is 792. The van der Waals surface area contributed by atoms with Gasteiger partial charge in [0.15, 0.2) is 0 Å². The molecule has 0 saturated carbocycles. The first-order valence-corrected chi connectivity index (χ1v) is 7.56. The van der Waals surface area contributed by atoms with Crippen LogP contribution in [-0.2, 0) is 6.54 Å². The fourth-order valence-corrected chi connectivity index (χ4v) is 2.35. The molecule has 0 saturated heterocycles. The van der Waals surface area contributed by atoms with Gasteiger partial charge in [-0.05, 0) is 48.4 Å². The highest BCUT2D eigenvalue weighted by Gasteiger charge is 2.03. The minimum atomic E-state index is 0.680. The average molecular weight is 326 g/mol. The Kier molecular flexibility index (Phi) is 4.68. The number of benzene rings is 1. The fraction of sp³-hybridized carbons (Fsp3) is 0.118. The molecule has 2 aromatic heterocycles. The molecule has 6 heteroatoms. The van der Waals surface area contributed by atoms with Crippen molar-refractivity contribution in [1.82, 2.24) is 15.0 Å². The van der Waals surface area contributed by atoms with Gasteiger partial charge in [0, 0.05) is 35.7 Å². The van der Waals surface area contributed by atoms with Gasteiger partial charge in [0.05, 0.1) is 0 Å². The number of aromatic nitrogens is 3. The minimum Gasteiger partial charge on any atom is -0.366 e. The van der Waals surface area contributed by atoms with Gasteiger partial charge in [-0.3, -0.25) is 4.98 Å². The lowest BCUT2D eigenvalue weighted by Gasteiger charge is -2.10. The van der Waals surface area contributed by atoms with Crippen LogP contribution in [-0.4, -0.2) is 15.0 Å². The van der Waals surface area contributed by atoms with Crippen molar-refractivity contribution in [2.75, 3.05) is 10.6 Å². The number of halogens is 1. The van der Waals surface area contributed by atoms with Crippen LogP contribution in [0.15, 0.2) is 55.1 Å². The van der Waals surface area contributed by atoms with E-state index in [1.807, 2.05) is 43.3 Å². The molecule has 3 aromatic rings. The summed E-state index contributed by atoms with van der Waals surface area (Å²) in [4.78, 5) is 12.5. The SMILES string of the molecule is Cc1cc(Cl)ccc1Nc1cc(NCc2ccncc2)ncn1. The monoisotopic (exact) mass is 325 g/mol. The molecule has 23 heavy (non-hydrogen) atoms. The Morgan fingerprint density at radius 2 is 1.78 bits per heavy atom. The van der Waals surface area contributed by atoms with Gasteiger partial charge in [-0.2, -0.15) is 0 Å². The van der Waals surface area contributed by atoms with Crippen molar-refractivity contribution in [2.24, 2.45) is 0 Å². The first-order chi connectivity index (χ1) is 11.2. The first kappa shape index (κ1) is 15.2. The highest BCUT2D eigenvalue weighted by molar-refractivity contribution is 6.30. The van der Waals surface area contributed by atoms with Crippen LogP contribution in [0.5, 0.6) is 0 Å². The molecule has 1 aromatic carbocycles. The fourth-order valence-electron chi connectivity index (χ4n) is 2.12. The van der Waals surface area contributed by atoms with Crippen LogP contribution >= 0.6 is 11.6 Å². The quantitative estimate of drug-likeness (QED) is 0.736. The van der Waals surface area contributed by atoms with Crippen molar-refractivity contribution in [3.63, 3.8) is 0 Å². The number of rotatable bonds is 5. The van der Waals surface area contributed by atoms with Gasteiger partial charge in [0.1, 0.15) is 18.0 Å². The van der Waals surface area contributed by atoms with Gasteiger partial charge >= 0.3 is 0 Å². The number of aryl methyl sites for hydroxylation is 1. The summed E-state index contributed by atoms with van der Waals surface area (Å²) in [6, 6.07) is 11.5. The second-order valence-electron chi connectivity index (χ2n) is 5.08. The molecule has 0 bridgehead atoms. The van der Waals surface area contributed by atoms with Gasteiger partial charge in [0.2, 0.25) is 0 Å². The molecule has 0 atom stereocenters. The molecule has 0 spiro atoms. The Balaban J connectivity index is 1.69. The van der Waals surface area contributed by atoms with Crippen LogP contribution in [0.25, 0.3) is 0 Å². The van der Waals surface area contributed by atoms with Crippen LogP contribution in [0, 0.1) is 6.92 Å². The molecule has 0 unspecified atom stereocenters. The van der Waals surface area contributed by atoms with Crippen molar-refractivity contribution >= 4 is 28.9 Å². The van der Waals surface area contributed by atoms with Gasteiger partial charge in [-0.1, -0.05) is 11.6 Å². The smallest absolute Gasteiger partial charge is 0.135 e. The summed E-state index contributed by atoms with van der Waals surface area (Å²) in [5, 5.41) is 7.27. The van der Waals surface area contributed by atoms with E-state index >= 15 is 0 Å². The zero-order valence-corrected chi connectivity index (χ0v) is 13.4. The molecule has 0 aliphatic heterocycles. The molecule has 2 N–H and O–H groups in total. The number of pyridine rings is 1. The third kappa shape index (κ3) is 4.17. The van der Waals surface area contributed by atoms with E-state index in [4.69, 9.17) is 11.6 Å².